The highest BCUT2D eigenvalue weighted by molar-refractivity contribution is 5.24. The van der Waals surface area contributed by atoms with Gasteiger partial charge in [0.2, 0.25) is 5.82 Å². The Balaban J connectivity index is 0.000000573. The molecule has 2 aromatic rings. The fraction of sp³-hybridized carbons (Fsp3) is 0.727. The molecule has 0 radical (unpaired) electrons. The lowest BCUT2D eigenvalue weighted by Crippen LogP contribution is -2.44. The van der Waals surface area contributed by atoms with Gasteiger partial charge in [0.25, 0.3) is 11.9 Å². The van der Waals surface area contributed by atoms with E-state index in [9.17, 15) is 30.7 Å². The maximum absolute atomic E-state index is 13.9. The van der Waals surface area contributed by atoms with Gasteiger partial charge in [0.15, 0.2) is 23.3 Å². The predicted molar refractivity (Wildman–Crippen MR) is 209 cm³/mol. The molecule has 13 heteroatoms. The number of halogens is 7. The third-order valence-corrected chi connectivity index (χ3v) is 10.8. The number of hydrogen-bond acceptors (Lipinski definition) is 6. The van der Waals surface area contributed by atoms with E-state index >= 15 is 0 Å². The Morgan fingerprint density at radius 1 is 0.439 bits per heavy atom. The lowest BCUT2D eigenvalue weighted by atomic mass is 9.91. The summed E-state index contributed by atoms with van der Waals surface area (Å²) in [6.45, 7) is 4.36. The van der Waals surface area contributed by atoms with Gasteiger partial charge in [-0.15, -0.1) is 0 Å². The molecule has 2 atom stereocenters. The van der Waals surface area contributed by atoms with Crippen LogP contribution in [0.1, 0.15) is 141 Å². The van der Waals surface area contributed by atoms with Crippen molar-refractivity contribution in [2.24, 2.45) is 11.8 Å². The molecule has 0 spiro atoms. The van der Waals surface area contributed by atoms with Crippen LogP contribution in [0.5, 0.6) is 0 Å². The maximum atomic E-state index is 13.9. The van der Waals surface area contributed by atoms with Gasteiger partial charge in [-0.2, -0.15) is 0 Å². The Morgan fingerprint density at radius 2 is 0.789 bits per heavy atom. The number of unbranched alkanes of at least 4 members (excludes halogenated alkanes) is 10. The summed E-state index contributed by atoms with van der Waals surface area (Å²) in [5.41, 5.74) is -0.268. The summed E-state index contributed by atoms with van der Waals surface area (Å²) < 4.78 is 128. The molecule has 0 aliphatic heterocycles. The predicted octanol–water partition coefficient (Wildman–Crippen LogP) is 12.9. The average molecular weight is 827 g/mol. The van der Waals surface area contributed by atoms with Gasteiger partial charge in [-0.05, 0) is 63.0 Å². The third-order valence-electron chi connectivity index (χ3n) is 10.8. The van der Waals surface area contributed by atoms with Crippen LogP contribution in [-0.4, -0.2) is 54.6 Å². The van der Waals surface area contributed by atoms with Crippen LogP contribution in [0, 0.1) is 52.6 Å². The standard InChI is InChI=1S/C22H33F5O3.C22H36F2O3/c1-5-6-7-8-9-10-12-15(22(28-2,29-3)30-4)13-11-14-16-17(23)19(25)21(27)20(26)18(16)24;1-5-6-7-8-9-10-13-19(22(25-2,26-3)27-4)14-11-12-18-15-16-20(23)17-21(18)24/h15H,5-14H2,1-4H3;15-17,19H,5-14H2,1-4H3. The molecule has 0 bridgehead atoms. The van der Waals surface area contributed by atoms with Gasteiger partial charge in [-0.3, -0.25) is 0 Å². The van der Waals surface area contributed by atoms with Crippen molar-refractivity contribution in [1.82, 2.24) is 0 Å². The number of aryl methyl sites for hydroxylation is 1. The van der Waals surface area contributed by atoms with Crippen molar-refractivity contribution in [3.05, 3.63) is 70.0 Å². The minimum atomic E-state index is -2.15. The highest BCUT2D eigenvalue weighted by Crippen LogP contribution is 2.35. The second kappa shape index (κ2) is 29.0. The molecule has 0 saturated heterocycles. The van der Waals surface area contributed by atoms with Crippen molar-refractivity contribution in [1.29, 1.82) is 0 Å². The Kier molecular flexibility index (Phi) is 26.8. The Bertz CT molecular complexity index is 1330. The van der Waals surface area contributed by atoms with E-state index in [2.05, 4.69) is 13.8 Å². The number of hydrogen-bond donors (Lipinski definition) is 0. The molecular formula is C44H69F7O6. The first-order chi connectivity index (χ1) is 27.3. The van der Waals surface area contributed by atoms with Crippen molar-refractivity contribution >= 4 is 0 Å². The second-order valence-electron chi connectivity index (χ2n) is 14.5. The van der Waals surface area contributed by atoms with E-state index in [1.54, 1.807) is 21.3 Å². The van der Waals surface area contributed by atoms with Gasteiger partial charge in [0.1, 0.15) is 11.6 Å². The molecule has 0 saturated carbocycles. The number of rotatable bonds is 30. The molecule has 330 valence electrons. The van der Waals surface area contributed by atoms with E-state index in [0.29, 0.717) is 24.8 Å². The summed E-state index contributed by atoms with van der Waals surface area (Å²) in [5.74, 6) is -13.2. The van der Waals surface area contributed by atoms with Gasteiger partial charge in [0, 0.05) is 66.1 Å². The molecule has 2 rings (SSSR count). The molecule has 0 amide bonds. The molecular weight excluding hydrogens is 757 g/mol. The highest BCUT2D eigenvalue weighted by Gasteiger charge is 2.40. The van der Waals surface area contributed by atoms with Crippen molar-refractivity contribution in [2.45, 2.75) is 154 Å². The number of methoxy groups -OCH3 is 6. The zero-order valence-electron chi connectivity index (χ0n) is 35.6. The van der Waals surface area contributed by atoms with Crippen molar-refractivity contribution in [3.63, 3.8) is 0 Å². The molecule has 0 aromatic heterocycles. The molecule has 6 nitrogen and oxygen atoms in total. The van der Waals surface area contributed by atoms with Crippen LogP contribution in [0.4, 0.5) is 30.7 Å². The van der Waals surface area contributed by atoms with E-state index in [4.69, 9.17) is 28.4 Å². The van der Waals surface area contributed by atoms with E-state index in [-0.39, 0.29) is 24.7 Å². The third kappa shape index (κ3) is 16.7. The summed E-state index contributed by atoms with van der Waals surface area (Å²) in [5, 5.41) is 0. The number of ether oxygens (including phenoxy) is 6. The van der Waals surface area contributed by atoms with Gasteiger partial charge >= 0.3 is 0 Å². The first kappa shape index (κ1) is 52.7. The Hall–Kier alpha value is -2.29. The minimum absolute atomic E-state index is 0.0483. The van der Waals surface area contributed by atoms with Crippen LogP contribution in [0.25, 0.3) is 0 Å². The topological polar surface area (TPSA) is 55.4 Å². The van der Waals surface area contributed by atoms with Gasteiger partial charge in [-0.1, -0.05) is 97.0 Å². The van der Waals surface area contributed by atoms with E-state index < -0.39 is 58.2 Å². The van der Waals surface area contributed by atoms with Crippen LogP contribution in [0.2, 0.25) is 0 Å². The first-order valence-electron chi connectivity index (χ1n) is 20.6. The van der Waals surface area contributed by atoms with E-state index in [1.807, 2.05) is 0 Å². The van der Waals surface area contributed by atoms with Crippen molar-refractivity contribution < 1.29 is 59.2 Å². The van der Waals surface area contributed by atoms with Gasteiger partial charge < -0.3 is 28.4 Å². The lowest BCUT2D eigenvalue weighted by molar-refractivity contribution is -0.380. The normalized spacial score (nSPS) is 13.1. The highest BCUT2D eigenvalue weighted by atomic mass is 19.2. The fourth-order valence-electron chi connectivity index (χ4n) is 7.50. The summed E-state index contributed by atoms with van der Waals surface area (Å²) in [6, 6.07) is 3.76. The Morgan fingerprint density at radius 3 is 1.18 bits per heavy atom. The second-order valence-corrected chi connectivity index (χ2v) is 14.5. The Labute approximate surface area is 337 Å². The van der Waals surface area contributed by atoms with Gasteiger partial charge in [-0.25, -0.2) is 30.7 Å². The molecule has 0 aliphatic rings. The average Bonchev–Trinajstić information content (AvgIpc) is 3.22. The largest absolute Gasteiger partial charge is 0.331 e. The molecule has 2 unspecified atom stereocenters. The summed E-state index contributed by atoms with van der Waals surface area (Å²) >= 11 is 0. The molecule has 0 fully saturated rings. The monoisotopic (exact) mass is 826 g/mol. The SMILES string of the molecule is CCCCCCCCC(CCCc1c(F)c(F)c(F)c(F)c1F)C(OC)(OC)OC.CCCCCCCCC(CCCc1ccc(F)cc1F)C(OC)(OC)OC. The van der Waals surface area contributed by atoms with E-state index in [0.717, 1.165) is 63.9 Å². The lowest BCUT2D eigenvalue weighted by Gasteiger charge is -2.36. The minimum Gasteiger partial charge on any atom is -0.331 e. The van der Waals surface area contributed by atoms with Gasteiger partial charge in [0.05, 0.1) is 0 Å². The number of benzene rings is 2. The molecule has 2 aromatic carbocycles. The summed E-state index contributed by atoms with van der Waals surface area (Å²) in [6.07, 6.45) is 17.7. The summed E-state index contributed by atoms with van der Waals surface area (Å²) in [4.78, 5) is 0. The first-order valence-corrected chi connectivity index (χ1v) is 20.6. The molecule has 0 heterocycles. The van der Waals surface area contributed by atoms with Crippen molar-refractivity contribution in [3.8, 4) is 0 Å². The summed E-state index contributed by atoms with van der Waals surface area (Å²) in [7, 11) is 9.06. The molecule has 0 aliphatic carbocycles. The van der Waals surface area contributed by atoms with Crippen LogP contribution < -0.4 is 0 Å². The van der Waals surface area contributed by atoms with Crippen LogP contribution >= 0.6 is 0 Å². The van der Waals surface area contributed by atoms with E-state index in [1.165, 1.54) is 72.0 Å². The molecule has 57 heavy (non-hydrogen) atoms. The quantitative estimate of drug-likeness (QED) is 0.0257. The smallest absolute Gasteiger partial charge is 0.285 e. The van der Waals surface area contributed by atoms with Crippen LogP contribution in [0.15, 0.2) is 18.2 Å². The zero-order chi connectivity index (χ0) is 42.9. The van der Waals surface area contributed by atoms with Crippen molar-refractivity contribution in [2.75, 3.05) is 42.7 Å². The zero-order valence-corrected chi connectivity index (χ0v) is 35.6. The van der Waals surface area contributed by atoms with Crippen LogP contribution in [-0.2, 0) is 41.3 Å². The molecule has 0 N–H and O–H groups in total. The van der Waals surface area contributed by atoms with Crippen LogP contribution in [0.3, 0.4) is 0 Å². The maximum Gasteiger partial charge on any atom is 0.285 e. The fourth-order valence-corrected chi connectivity index (χ4v) is 7.50.